The van der Waals surface area contributed by atoms with Gasteiger partial charge in [0.25, 0.3) is 0 Å². The molecular weight excluding hydrogens is 288 g/mol. The Morgan fingerprint density at radius 2 is 1.83 bits per heavy atom. The van der Waals surface area contributed by atoms with Crippen LogP contribution in [0.5, 0.6) is 0 Å². The summed E-state index contributed by atoms with van der Waals surface area (Å²) in [6.07, 6.45) is 3.47. The molecule has 0 atom stereocenters. The number of aryl methyl sites for hydroxylation is 1. The molecule has 0 saturated carbocycles. The summed E-state index contributed by atoms with van der Waals surface area (Å²) < 4.78 is 5.60. The standard InChI is InChI=1S/C19H24N2O2/c1-16-9-11-18(23-16)15-21(14-13-20(2)3)19(22)12-10-17-7-5-4-6-8-17/h4-12H,13-15H2,1-3H3/b12-10+. The molecule has 2 aromatic rings. The summed E-state index contributed by atoms with van der Waals surface area (Å²) in [5.41, 5.74) is 1.02. The summed E-state index contributed by atoms with van der Waals surface area (Å²) in [6, 6.07) is 13.7. The maximum atomic E-state index is 12.5. The van der Waals surface area contributed by atoms with Crippen LogP contribution in [0.4, 0.5) is 0 Å². The van der Waals surface area contributed by atoms with Crippen LogP contribution < -0.4 is 0 Å². The summed E-state index contributed by atoms with van der Waals surface area (Å²) in [7, 11) is 4.00. The third-order valence-electron chi connectivity index (χ3n) is 3.49. The molecule has 1 amide bonds. The Balaban J connectivity index is 2.05. The number of rotatable bonds is 7. The molecule has 23 heavy (non-hydrogen) atoms. The van der Waals surface area contributed by atoms with Gasteiger partial charge in [0.15, 0.2) is 0 Å². The molecule has 4 nitrogen and oxygen atoms in total. The highest BCUT2D eigenvalue weighted by molar-refractivity contribution is 5.91. The normalized spacial score (nSPS) is 11.3. The van der Waals surface area contributed by atoms with Crippen LogP contribution in [0.15, 0.2) is 53.0 Å². The molecule has 1 heterocycles. The molecule has 1 aromatic carbocycles. The van der Waals surface area contributed by atoms with Crippen molar-refractivity contribution in [1.82, 2.24) is 9.80 Å². The van der Waals surface area contributed by atoms with Gasteiger partial charge in [0.1, 0.15) is 11.5 Å². The predicted octanol–water partition coefficient (Wildman–Crippen LogP) is 3.19. The number of furan rings is 1. The lowest BCUT2D eigenvalue weighted by atomic mass is 10.2. The van der Waals surface area contributed by atoms with Gasteiger partial charge < -0.3 is 14.2 Å². The molecular formula is C19H24N2O2. The van der Waals surface area contributed by atoms with Crippen LogP contribution in [0.3, 0.4) is 0 Å². The zero-order valence-electron chi connectivity index (χ0n) is 14.0. The first-order valence-corrected chi connectivity index (χ1v) is 7.76. The molecule has 0 fully saturated rings. The molecule has 0 unspecified atom stereocenters. The smallest absolute Gasteiger partial charge is 0.247 e. The van der Waals surface area contributed by atoms with Crippen LogP contribution in [0.1, 0.15) is 17.1 Å². The van der Waals surface area contributed by atoms with Crippen molar-refractivity contribution in [2.45, 2.75) is 13.5 Å². The van der Waals surface area contributed by atoms with E-state index >= 15 is 0 Å². The van der Waals surface area contributed by atoms with E-state index < -0.39 is 0 Å². The van der Waals surface area contributed by atoms with Gasteiger partial charge in [-0.25, -0.2) is 0 Å². The number of benzene rings is 1. The van der Waals surface area contributed by atoms with Gasteiger partial charge in [-0.2, -0.15) is 0 Å². The molecule has 0 saturated heterocycles. The van der Waals surface area contributed by atoms with E-state index in [2.05, 4.69) is 4.90 Å². The quantitative estimate of drug-likeness (QED) is 0.737. The van der Waals surface area contributed by atoms with E-state index in [0.29, 0.717) is 13.1 Å². The number of nitrogens with zero attached hydrogens (tertiary/aromatic N) is 2. The number of hydrogen-bond donors (Lipinski definition) is 0. The molecule has 0 aliphatic rings. The minimum atomic E-state index is -0.00949. The summed E-state index contributed by atoms with van der Waals surface area (Å²) in [5, 5.41) is 0. The van der Waals surface area contributed by atoms with E-state index in [1.807, 2.05) is 69.6 Å². The maximum Gasteiger partial charge on any atom is 0.247 e. The fraction of sp³-hybridized carbons (Fsp3) is 0.316. The Morgan fingerprint density at radius 3 is 2.43 bits per heavy atom. The first kappa shape index (κ1) is 17.0. The largest absolute Gasteiger partial charge is 0.464 e. The molecule has 2 rings (SSSR count). The van der Waals surface area contributed by atoms with E-state index in [1.54, 1.807) is 11.0 Å². The van der Waals surface area contributed by atoms with Crippen molar-refractivity contribution >= 4 is 12.0 Å². The van der Waals surface area contributed by atoms with E-state index in [-0.39, 0.29) is 5.91 Å². The van der Waals surface area contributed by atoms with Gasteiger partial charge in [-0.3, -0.25) is 4.79 Å². The van der Waals surface area contributed by atoms with Crippen molar-refractivity contribution < 1.29 is 9.21 Å². The molecule has 0 radical (unpaired) electrons. The van der Waals surface area contributed by atoms with Gasteiger partial charge in [-0.15, -0.1) is 0 Å². The maximum absolute atomic E-state index is 12.5. The second-order valence-electron chi connectivity index (χ2n) is 5.82. The minimum Gasteiger partial charge on any atom is -0.464 e. The lowest BCUT2D eigenvalue weighted by Gasteiger charge is -2.22. The molecule has 122 valence electrons. The number of likely N-dealkylation sites (N-methyl/N-ethyl adjacent to an activating group) is 1. The summed E-state index contributed by atoms with van der Waals surface area (Å²) in [6.45, 7) is 3.86. The number of carbonyl (C=O) groups is 1. The first-order valence-electron chi connectivity index (χ1n) is 7.76. The third kappa shape index (κ3) is 5.75. The molecule has 0 bridgehead atoms. The third-order valence-corrected chi connectivity index (χ3v) is 3.49. The summed E-state index contributed by atoms with van der Waals surface area (Å²) in [5.74, 6) is 1.66. The summed E-state index contributed by atoms with van der Waals surface area (Å²) in [4.78, 5) is 16.4. The zero-order valence-corrected chi connectivity index (χ0v) is 14.0. The lowest BCUT2D eigenvalue weighted by molar-refractivity contribution is -0.127. The molecule has 0 spiro atoms. The summed E-state index contributed by atoms with van der Waals surface area (Å²) >= 11 is 0. The highest BCUT2D eigenvalue weighted by atomic mass is 16.3. The fourth-order valence-electron chi connectivity index (χ4n) is 2.18. The van der Waals surface area contributed by atoms with Gasteiger partial charge in [0.2, 0.25) is 5.91 Å². The molecule has 4 heteroatoms. The second kappa shape index (κ2) is 8.34. The Labute approximate surface area is 138 Å². The molecule has 0 aliphatic heterocycles. The topological polar surface area (TPSA) is 36.7 Å². The molecule has 0 N–H and O–H groups in total. The minimum absolute atomic E-state index is 0.00949. The van der Waals surface area contributed by atoms with Gasteiger partial charge in [0, 0.05) is 19.2 Å². The van der Waals surface area contributed by atoms with E-state index in [1.165, 1.54) is 0 Å². The van der Waals surface area contributed by atoms with Gasteiger partial charge in [-0.1, -0.05) is 30.3 Å². The molecule has 0 aliphatic carbocycles. The second-order valence-corrected chi connectivity index (χ2v) is 5.82. The van der Waals surface area contributed by atoms with E-state index in [4.69, 9.17) is 4.42 Å². The van der Waals surface area contributed by atoms with Crippen LogP contribution in [0.25, 0.3) is 6.08 Å². The fourth-order valence-corrected chi connectivity index (χ4v) is 2.18. The van der Waals surface area contributed by atoms with E-state index in [9.17, 15) is 4.79 Å². The Kier molecular flexibility index (Phi) is 6.18. The van der Waals surface area contributed by atoms with Crippen LogP contribution in [0, 0.1) is 6.92 Å². The van der Waals surface area contributed by atoms with Crippen LogP contribution >= 0.6 is 0 Å². The van der Waals surface area contributed by atoms with Crippen molar-refractivity contribution in [2.24, 2.45) is 0 Å². The van der Waals surface area contributed by atoms with Crippen LogP contribution in [-0.4, -0.2) is 42.9 Å². The van der Waals surface area contributed by atoms with Crippen molar-refractivity contribution in [2.75, 3.05) is 27.2 Å². The average Bonchev–Trinajstić information content (AvgIpc) is 2.95. The van der Waals surface area contributed by atoms with Gasteiger partial charge in [0.05, 0.1) is 6.54 Å². The monoisotopic (exact) mass is 312 g/mol. The van der Waals surface area contributed by atoms with E-state index in [0.717, 1.165) is 23.6 Å². The predicted molar refractivity (Wildman–Crippen MR) is 92.9 cm³/mol. The van der Waals surface area contributed by atoms with Crippen LogP contribution in [0.2, 0.25) is 0 Å². The highest BCUT2D eigenvalue weighted by Crippen LogP contribution is 2.11. The first-order chi connectivity index (χ1) is 11.0. The van der Waals surface area contributed by atoms with Gasteiger partial charge >= 0.3 is 0 Å². The average molecular weight is 312 g/mol. The van der Waals surface area contributed by atoms with Crippen molar-refractivity contribution in [3.05, 3.63) is 65.6 Å². The Morgan fingerprint density at radius 1 is 1.09 bits per heavy atom. The van der Waals surface area contributed by atoms with Crippen molar-refractivity contribution in [3.63, 3.8) is 0 Å². The number of amides is 1. The van der Waals surface area contributed by atoms with Crippen LogP contribution in [-0.2, 0) is 11.3 Å². The van der Waals surface area contributed by atoms with Gasteiger partial charge in [-0.05, 0) is 44.8 Å². The number of carbonyl (C=O) groups excluding carboxylic acids is 1. The number of hydrogen-bond acceptors (Lipinski definition) is 3. The van der Waals surface area contributed by atoms with Crippen molar-refractivity contribution in [1.29, 1.82) is 0 Å². The molecule has 1 aromatic heterocycles. The van der Waals surface area contributed by atoms with Crippen molar-refractivity contribution in [3.8, 4) is 0 Å². The Hall–Kier alpha value is -2.33. The zero-order chi connectivity index (χ0) is 16.7. The lowest BCUT2D eigenvalue weighted by Crippen LogP contribution is -2.35. The SMILES string of the molecule is Cc1ccc(CN(CCN(C)C)C(=O)/C=C/c2ccccc2)o1. The Bertz CT molecular complexity index is 644. The highest BCUT2D eigenvalue weighted by Gasteiger charge is 2.13.